The maximum Gasteiger partial charge on any atom is 0.253 e. The predicted molar refractivity (Wildman–Crippen MR) is 54.3 cm³/mol. The molecule has 0 unspecified atom stereocenters. The van der Waals surface area contributed by atoms with E-state index in [1.807, 2.05) is 0 Å². The number of amides is 2. The van der Waals surface area contributed by atoms with Crippen molar-refractivity contribution in [2.75, 3.05) is 6.54 Å². The quantitative estimate of drug-likeness (QED) is 0.492. The first-order valence-electron chi connectivity index (χ1n) is 4.16. The summed E-state index contributed by atoms with van der Waals surface area (Å²) in [5.41, 5.74) is 0.783. The normalized spacial score (nSPS) is 16.3. The van der Waals surface area contributed by atoms with Crippen molar-refractivity contribution in [1.82, 2.24) is 4.90 Å². The second-order valence-electron chi connectivity index (χ2n) is 2.78. The molecule has 0 saturated carbocycles. The van der Waals surface area contributed by atoms with Gasteiger partial charge in [0.1, 0.15) is 0 Å². The summed E-state index contributed by atoms with van der Waals surface area (Å²) >= 11 is 0. The minimum Gasteiger partial charge on any atom is -0.271 e. The molecule has 0 saturated heterocycles. The summed E-state index contributed by atoms with van der Waals surface area (Å²) in [6.07, 6.45) is 7.43. The zero-order chi connectivity index (χ0) is 10.6. The lowest BCUT2D eigenvalue weighted by atomic mass is 10.2. The third-order valence-electron chi connectivity index (χ3n) is 1.84. The molecular formula is C11H11NO2. The summed E-state index contributed by atoms with van der Waals surface area (Å²) in [7, 11) is 0. The SMILES string of the molecule is C=C/C=C(\C=C)CN1C(=O)C=CC1=O. The highest BCUT2D eigenvalue weighted by molar-refractivity contribution is 6.13. The molecule has 0 atom stereocenters. The smallest absolute Gasteiger partial charge is 0.253 e. The molecule has 0 radical (unpaired) electrons. The zero-order valence-corrected chi connectivity index (χ0v) is 7.77. The monoisotopic (exact) mass is 189 g/mol. The number of nitrogens with zero attached hydrogens (tertiary/aromatic N) is 1. The van der Waals surface area contributed by atoms with Gasteiger partial charge in [-0.05, 0) is 5.57 Å². The van der Waals surface area contributed by atoms with Crippen molar-refractivity contribution < 1.29 is 9.59 Å². The van der Waals surface area contributed by atoms with Gasteiger partial charge in [0.05, 0.1) is 6.54 Å². The Morgan fingerprint density at radius 2 is 1.86 bits per heavy atom. The second-order valence-corrected chi connectivity index (χ2v) is 2.78. The number of rotatable bonds is 4. The minimum atomic E-state index is -0.285. The van der Waals surface area contributed by atoms with E-state index in [0.717, 1.165) is 10.5 Å². The Morgan fingerprint density at radius 3 is 2.29 bits per heavy atom. The van der Waals surface area contributed by atoms with Crippen LogP contribution < -0.4 is 0 Å². The van der Waals surface area contributed by atoms with Gasteiger partial charge in [-0.2, -0.15) is 0 Å². The standard InChI is InChI=1S/C11H11NO2/c1-3-5-9(4-2)8-12-10(13)6-7-11(12)14/h3-7H,1-2,8H2/b9-5+. The van der Waals surface area contributed by atoms with Crippen LogP contribution in [0.3, 0.4) is 0 Å². The highest BCUT2D eigenvalue weighted by Crippen LogP contribution is 2.08. The summed E-state index contributed by atoms with van der Waals surface area (Å²) in [5, 5.41) is 0. The van der Waals surface area contributed by atoms with Crippen molar-refractivity contribution in [3.63, 3.8) is 0 Å². The summed E-state index contributed by atoms with van der Waals surface area (Å²) < 4.78 is 0. The first-order valence-corrected chi connectivity index (χ1v) is 4.16. The highest BCUT2D eigenvalue weighted by atomic mass is 16.2. The van der Waals surface area contributed by atoms with Crippen molar-refractivity contribution in [1.29, 1.82) is 0 Å². The van der Waals surface area contributed by atoms with Crippen LogP contribution in [0.5, 0.6) is 0 Å². The molecule has 3 nitrogen and oxygen atoms in total. The molecule has 1 rings (SSSR count). The summed E-state index contributed by atoms with van der Waals surface area (Å²) in [5.74, 6) is -0.571. The Balaban J connectivity index is 2.73. The van der Waals surface area contributed by atoms with E-state index in [1.54, 1.807) is 18.2 Å². The predicted octanol–water partition coefficient (Wildman–Crippen LogP) is 1.21. The lowest BCUT2D eigenvalue weighted by Gasteiger charge is -2.13. The van der Waals surface area contributed by atoms with Gasteiger partial charge >= 0.3 is 0 Å². The Labute approximate surface area is 82.7 Å². The number of hydrogen-bond donors (Lipinski definition) is 0. The second kappa shape index (κ2) is 4.37. The Bertz CT molecular complexity index is 332. The molecule has 0 bridgehead atoms. The van der Waals surface area contributed by atoms with E-state index >= 15 is 0 Å². The van der Waals surface area contributed by atoms with E-state index in [-0.39, 0.29) is 18.4 Å². The number of allylic oxidation sites excluding steroid dienone is 2. The van der Waals surface area contributed by atoms with Crippen molar-refractivity contribution >= 4 is 11.8 Å². The van der Waals surface area contributed by atoms with Crippen LogP contribution in [-0.4, -0.2) is 23.3 Å². The molecule has 0 spiro atoms. The molecule has 0 aromatic rings. The fourth-order valence-electron chi connectivity index (χ4n) is 1.11. The number of carbonyl (C=O) groups excluding carboxylic acids is 2. The molecule has 0 aromatic heterocycles. The molecule has 14 heavy (non-hydrogen) atoms. The van der Waals surface area contributed by atoms with Crippen LogP contribution in [0.25, 0.3) is 0 Å². The van der Waals surface area contributed by atoms with Crippen LogP contribution in [0.15, 0.2) is 49.1 Å². The molecule has 0 fully saturated rings. The van der Waals surface area contributed by atoms with Gasteiger partial charge in [-0.25, -0.2) is 0 Å². The van der Waals surface area contributed by atoms with Crippen molar-refractivity contribution in [2.24, 2.45) is 0 Å². The van der Waals surface area contributed by atoms with E-state index in [1.165, 1.54) is 12.2 Å². The van der Waals surface area contributed by atoms with Crippen LogP contribution in [0, 0.1) is 0 Å². The summed E-state index contributed by atoms with van der Waals surface area (Å²) in [4.78, 5) is 23.5. The van der Waals surface area contributed by atoms with Gasteiger partial charge in [0.25, 0.3) is 11.8 Å². The first kappa shape index (κ1) is 10.2. The van der Waals surface area contributed by atoms with Crippen LogP contribution in [-0.2, 0) is 9.59 Å². The van der Waals surface area contributed by atoms with Gasteiger partial charge in [-0.1, -0.05) is 31.4 Å². The van der Waals surface area contributed by atoms with Gasteiger partial charge in [-0.15, -0.1) is 0 Å². The topological polar surface area (TPSA) is 37.4 Å². The van der Waals surface area contributed by atoms with Crippen molar-refractivity contribution in [3.05, 3.63) is 49.1 Å². The van der Waals surface area contributed by atoms with Crippen LogP contribution in [0.4, 0.5) is 0 Å². The maximum atomic E-state index is 11.2. The Hall–Kier alpha value is -1.90. The number of imide groups is 1. The first-order chi connectivity index (χ1) is 6.69. The highest BCUT2D eigenvalue weighted by Gasteiger charge is 2.22. The van der Waals surface area contributed by atoms with Crippen molar-refractivity contribution in [3.8, 4) is 0 Å². The van der Waals surface area contributed by atoms with E-state index < -0.39 is 0 Å². The maximum absolute atomic E-state index is 11.2. The van der Waals surface area contributed by atoms with Crippen LogP contribution in [0.1, 0.15) is 0 Å². The molecule has 1 aliphatic rings. The van der Waals surface area contributed by atoms with Crippen molar-refractivity contribution in [2.45, 2.75) is 0 Å². The van der Waals surface area contributed by atoms with Gasteiger partial charge in [0.15, 0.2) is 0 Å². The number of hydrogen-bond acceptors (Lipinski definition) is 2. The fourth-order valence-corrected chi connectivity index (χ4v) is 1.11. The van der Waals surface area contributed by atoms with Gasteiger partial charge < -0.3 is 0 Å². The molecule has 1 aliphatic heterocycles. The Kier molecular flexibility index (Phi) is 3.18. The van der Waals surface area contributed by atoms with Gasteiger partial charge in [0.2, 0.25) is 0 Å². The fraction of sp³-hybridized carbons (Fsp3) is 0.0909. The molecule has 2 amide bonds. The van der Waals surface area contributed by atoms with Crippen LogP contribution >= 0.6 is 0 Å². The third kappa shape index (κ3) is 2.07. The number of carbonyl (C=O) groups is 2. The summed E-state index contributed by atoms with van der Waals surface area (Å²) in [6, 6.07) is 0. The molecule has 0 aliphatic carbocycles. The van der Waals surface area contributed by atoms with E-state index in [2.05, 4.69) is 13.2 Å². The van der Waals surface area contributed by atoms with Gasteiger partial charge in [-0.3, -0.25) is 14.5 Å². The largest absolute Gasteiger partial charge is 0.271 e. The van der Waals surface area contributed by atoms with E-state index in [0.29, 0.717) is 0 Å². The zero-order valence-electron chi connectivity index (χ0n) is 7.77. The lowest BCUT2D eigenvalue weighted by Crippen LogP contribution is -2.31. The van der Waals surface area contributed by atoms with E-state index in [4.69, 9.17) is 0 Å². The average molecular weight is 189 g/mol. The molecule has 1 heterocycles. The van der Waals surface area contributed by atoms with Crippen LogP contribution in [0.2, 0.25) is 0 Å². The lowest BCUT2D eigenvalue weighted by molar-refractivity contribution is -0.136. The van der Waals surface area contributed by atoms with Gasteiger partial charge in [0, 0.05) is 12.2 Å². The Morgan fingerprint density at radius 1 is 1.29 bits per heavy atom. The average Bonchev–Trinajstić information content (AvgIpc) is 2.48. The molecule has 0 N–H and O–H groups in total. The third-order valence-corrected chi connectivity index (χ3v) is 1.84. The molecule has 0 aromatic carbocycles. The minimum absolute atomic E-state index is 0.250. The molecular weight excluding hydrogens is 178 g/mol. The molecule has 3 heteroatoms. The van der Waals surface area contributed by atoms with E-state index in [9.17, 15) is 9.59 Å². The molecule has 72 valence electrons. The summed E-state index contributed by atoms with van der Waals surface area (Å²) in [6.45, 7) is 7.37.